The Balaban J connectivity index is 1.73. The minimum atomic E-state index is -0.805. The molecule has 2 aromatic heterocycles. The predicted molar refractivity (Wildman–Crippen MR) is 91.0 cm³/mol. The number of rotatable bonds is 5. The SMILES string of the molecule is O=C(O)CC[C@H]1CCCCN1C(=O)c1cnc(-c2ccsc2)s1. The van der Waals surface area contributed by atoms with Gasteiger partial charge >= 0.3 is 5.97 Å². The average molecular weight is 350 g/mol. The summed E-state index contributed by atoms with van der Waals surface area (Å²) in [5.74, 6) is -0.820. The van der Waals surface area contributed by atoms with Crippen molar-refractivity contribution in [3.63, 3.8) is 0 Å². The topological polar surface area (TPSA) is 70.5 Å². The largest absolute Gasteiger partial charge is 0.481 e. The number of carboxylic acid groups (broad SMARTS) is 1. The lowest BCUT2D eigenvalue weighted by molar-refractivity contribution is -0.137. The number of hydrogen-bond donors (Lipinski definition) is 1. The smallest absolute Gasteiger partial charge is 0.303 e. The Kier molecular flexibility index (Phi) is 5.07. The third kappa shape index (κ3) is 3.79. The number of amides is 1. The molecule has 1 atom stereocenters. The van der Waals surface area contributed by atoms with Crippen molar-refractivity contribution in [3.05, 3.63) is 27.9 Å². The summed E-state index contributed by atoms with van der Waals surface area (Å²) in [7, 11) is 0. The first-order chi connectivity index (χ1) is 11.1. The van der Waals surface area contributed by atoms with Gasteiger partial charge in [0.05, 0.1) is 6.20 Å². The van der Waals surface area contributed by atoms with Gasteiger partial charge in [0, 0.05) is 30.0 Å². The number of nitrogens with zero attached hydrogens (tertiary/aromatic N) is 2. The van der Waals surface area contributed by atoms with Gasteiger partial charge in [-0.25, -0.2) is 4.98 Å². The third-order valence-electron chi connectivity index (χ3n) is 4.06. The van der Waals surface area contributed by atoms with Crippen molar-refractivity contribution in [1.82, 2.24) is 9.88 Å². The monoisotopic (exact) mass is 350 g/mol. The normalized spacial score (nSPS) is 18.1. The van der Waals surface area contributed by atoms with E-state index in [9.17, 15) is 9.59 Å². The number of carbonyl (C=O) groups is 2. The van der Waals surface area contributed by atoms with Gasteiger partial charge < -0.3 is 10.0 Å². The zero-order valence-corrected chi connectivity index (χ0v) is 14.2. The van der Waals surface area contributed by atoms with Crippen molar-refractivity contribution >= 4 is 34.6 Å². The van der Waals surface area contributed by atoms with E-state index in [1.54, 1.807) is 17.5 Å². The van der Waals surface area contributed by atoms with Gasteiger partial charge in [0.25, 0.3) is 5.91 Å². The van der Waals surface area contributed by atoms with Gasteiger partial charge in [-0.05, 0) is 37.1 Å². The quantitative estimate of drug-likeness (QED) is 0.892. The molecule has 5 nitrogen and oxygen atoms in total. The summed E-state index contributed by atoms with van der Waals surface area (Å²) >= 11 is 3.01. The number of carbonyl (C=O) groups excluding carboxylic acids is 1. The van der Waals surface area contributed by atoms with Crippen molar-refractivity contribution in [3.8, 4) is 10.6 Å². The van der Waals surface area contributed by atoms with Crippen LogP contribution in [0.25, 0.3) is 10.6 Å². The van der Waals surface area contributed by atoms with E-state index in [2.05, 4.69) is 4.98 Å². The second-order valence-electron chi connectivity index (χ2n) is 5.62. The van der Waals surface area contributed by atoms with Gasteiger partial charge in [-0.2, -0.15) is 11.3 Å². The molecule has 0 unspecified atom stereocenters. The van der Waals surface area contributed by atoms with E-state index in [0.717, 1.165) is 29.8 Å². The van der Waals surface area contributed by atoms with Gasteiger partial charge in [-0.15, -0.1) is 11.3 Å². The van der Waals surface area contributed by atoms with Crippen LogP contribution in [0.3, 0.4) is 0 Å². The fraction of sp³-hybridized carbons (Fsp3) is 0.438. The maximum absolute atomic E-state index is 12.8. The Labute approximate surface area is 142 Å². The van der Waals surface area contributed by atoms with E-state index in [4.69, 9.17) is 5.11 Å². The van der Waals surface area contributed by atoms with Crippen molar-refractivity contribution in [2.45, 2.75) is 38.1 Å². The molecule has 3 heterocycles. The molecule has 122 valence electrons. The zero-order valence-electron chi connectivity index (χ0n) is 12.6. The van der Waals surface area contributed by atoms with Crippen LogP contribution in [0.4, 0.5) is 0 Å². The van der Waals surface area contributed by atoms with Crippen molar-refractivity contribution in [2.75, 3.05) is 6.54 Å². The van der Waals surface area contributed by atoms with E-state index in [-0.39, 0.29) is 18.4 Å². The van der Waals surface area contributed by atoms with E-state index >= 15 is 0 Å². The van der Waals surface area contributed by atoms with Crippen LogP contribution in [0.1, 0.15) is 41.8 Å². The van der Waals surface area contributed by atoms with Crippen molar-refractivity contribution in [1.29, 1.82) is 0 Å². The van der Waals surface area contributed by atoms with Crippen molar-refractivity contribution < 1.29 is 14.7 Å². The van der Waals surface area contributed by atoms with Crippen LogP contribution in [0, 0.1) is 0 Å². The molecule has 0 spiro atoms. The first-order valence-electron chi connectivity index (χ1n) is 7.66. The summed E-state index contributed by atoms with van der Waals surface area (Å²) < 4.78 is 0. The lowest BCUT2D eigenvalue weighted by Gasteiger charge is -2.35. The molecule has 7 heteroatoms. The molecule has 0 bridgehead atoms. The Bertz CT molecular complexity index is 681. The van der Waals surface area contributed by atoms with Crippen LogP contribution in [-0.4, -0.2) is 39.5 Å². The summed E-state index contributed by atoms with van der Waals surface area (Å²) in [5.41, 5.74) is 1.04. The minimum Gasteiger partial charge on any atom is -0.481 e. The van der Waals surface area contributed by atoms with Crippen LogP contribution in [0.2, 0.25) is 0 Å². The molecule has 2 aromatic rings. The summed E-state index contributed by atoms with van der Waals surface area (Å²) in [6.45, 7) is 0.703. The Morgan fingerprint density at radius 2 is 2.26 bits per heavy atom. The van der Waals surface area contributed by atoms with Crippen LogP contribution in [0.15, 0.2) is 23.0 Å². The number of likely N-dealkylation sites (tertiary alicyclic amines) is 1. The standard InChI is InChI=1S/C16H18N2O3S2/c19-14(20)5-4-12-3-1-2-7-18(12)16(21)13-9-17-15(23-13)11-6-8-22-10-11/h6,8-10,12H,1-5,7H2,(H,19,20)/t12-/m1/s1. The number of aromatic nitrogens is 1. The molecule has 1 saturated heterocycles. The maximum Gasteiger partial charge on any atom is 0.303 e. The second kappa shape index (κ2) is 7.23. The van der Waals surface area contributed by atoms with Gasteiger partial charge in [-0.1, -0.05) is 0 Å². The van der Waals surface area contributed by atoms with Gasteiger partial charge in [0.15, 0.2) is 0 Å². The molecule has 23 heavy (non-hydrogen) atoms. The van der Waals surface area contributed by atoms with E-state index in [1.165, 1.54) is 11.3 Å². The average Bonchev–Trinajstić information content (AvgIpc) is 3.23. The van der Waals surface area contributed by atoms with E-state index in [0.29, 0.717) is 17.8 Å². The molecule has 1 aliphatic heterocycles. The number of piperidine rings is 1. The number of thiazole rings is 1. The molecule has 0 saturated carbocycles. The predicted octanol–water partition coefficient (Wildman–Crippen LogP) is 3.73. The Morgan fingerprint density at radius 1 is 1.39 bits per heavy atom. The summed E-state index contributed by atoms with van der Waals surface area (Å²) in [4.78, 5) is 30.4. The molecule has 0 aliphatic carbocycles. The highest BCUT2D eigenvalue weighted by Gasteiger charge is 2.29. The number of aliphatic carboxylic acids is 1. The second-order valence-corrected chi connectivity index (χ2v) is 7.43. The highest BCUT2D eigenvalue weighted by atomic mass is 32.1. The first-order valence-corrected chi connectivity index (χ1v) is 9.42. The number of hydrogen-bond acceptors (Lipinski definition) is 5. The molecule has 0 aromatic carbocycles. The molecule has 0 radical (unpaired) electrons. The minimum absolute atomic E-state index is 0.0148. The van der Waals surface area contributed by atoms with Crippen molar-refractivity contribution in [2.24, 2.45) is 0 Å². The highest BCUT2D eigenvalue weighted by Crippen LogP contribution is 2.29. The lowest BCUT2D eigenvalue weighted by Crippen LogP contribution is -2.43. The number of carboxylic acids is 1. The molecule has 3 rings (SSSR count). The Morgan fingerprint density at radius 3 is 3.00 bits per heavy atom. The van der Waals surface area contributed by atoms with Crippen LogP contribution in [-0.2, 0) is 4.79 Å². The van der Waals surface area contributed by atoms with Gasteiger partial charge in [0.2, 0.25) is 0 Å². The summed E-state index contributed by atoms with van der Waals surface area (Å²) in [5, 5.41) is 13.7. The summed E-state index contributed by atoms with van der Waals surface area (Å²) in [6, 6.07) is 2.02. The van der Waals surface area contributed by atoms with E-state index < -0.39 is 5.97 Å². The zero-order chi connectivity index (χ0) is 16.2. The molecular formula is C16H18N2O3S2. The molecule has 1 amide bonds. The fourth-order valence-electron chi connectivity index (χ4n) is 2.89. The van der Waals surface area contributed by atoms with Crippen LogP contribution in [0.5, 0.6) is 0 Å². The fourth-order valence-corrected chi connectivity index (χ4v) is 4.48. The molecular weight excluding hydrogens is 332 g/mol. The van der Waals surface area contributed by atoms with Gasteiger partial charge in [0.1, 0.15) is 9.88 Å². The first kappa shape index (κ1) is 16.1. The third-order valence-corrected chi connectivity index (χ3v) is 5.78. The molecule has 1 aliphatic rings. The van der Waals surface area contributed by atoms with Gasteiger partial charge in [-0.3, -0.25) is 9.59 Å². The summed E-state index contributed by atoms with van der Waals surface area (Å²) in [6.07, 6.45) is 5.19. The Hall–Kier alpha value is -1.73. The van der Waals surface area contributed by atoms with E-state index in [1.807, 2.05) is 21.7 Å². The molecule has 1 N–H and O–H groups in total. The van der Waals surface area contributed by atoms with Crippen LogP contribution < -0.4 is 0 Å². The lowest BCUT2D eigenvalue weighted by atomic mass is 9.97. The molecule has 1 fully saturated rings. The van der Waals surface area contributed by atoms with Crippen LogP contribution >= 0.6 is 22.7 Å². The number of thiophene rings is 1. The maximum atomic E-state index is 12.8. The highest BCUT2D eigenvalue weighted by molar-refractivity contribution is 7.17.